The second kappa shape index (κ2) is 5.59. The molecule has 0 amide bonds. The van der Waals surface area contributed by atoms with Crippen molar-refractivity contribution in [3.8, 4) is 0 Å². The van der Waals surface area contributed by atoms with Crippen molar-refractivity contribution >= 4 is 13.6 Å². The van der Waals surface area contributed by atoms with Crippen LogP contribution in [-0.4, -0.2) is 39.6 Å². The van der Waals surface area contributed by atoms with Gasteiger partial charge in [0.05, 0.1) is 6.16 Å². The molecule has 2 unspecified atom stereocenters. The van der Waals surface area contributed by atoms with Crippen LogP contribution in [0.5, 0.6) is 0 Å². The highest BCUT2D eigenvalue weighted by atomic mass is 31.2. The highest BCUT2D eigenvalue weighted by Crippen LogP contribution is 2.34. The topological polar surface area (TPSA) is 107 Å². The van der Waals surface area contributed by atoms with Gasteiger partial charge in [0.15, 0.2) is 0 Å². The van der Waals surface area contributed by atoms with Gasteiger partial charge >= 0.3 is 13.6 Å². The van der Waals surface area contributed by atoms with Crippen LogP contribution >= 0.6 is 7.60 Å². The number of hydrogen-bond acceptors (Lipinski definition) is 3. The molecule has 0 bridgehead atoms. The van der Waals surface area contributed by atoms with Gasteiger partial charge in [-0.15, -0.1) is 0 Å². The van der Waals surface area contributed by atoms with Crippen molar-refractivity contribution in [1.82, 2.24) is 5.32 Å². The fourth-order valence-electron chi connectivity index (χ4n) is 1.78. The number of aliphatic carboxylic acids is 1. The molecule has 0 aromatic carbocycles. The van der Waals surface area contributed by atoms with Gasteiger partial charge in [0.2, 0.25) is 0 Å². The van der Waals surface area contributed by atoms with E-state index >= 15 is 0 Å². The maximum Gasteiger partial charge on any atom is 0.329 e. The van der Waals surface area contributed by atoms with E-state index in [-0.39, 0.29) is 12.1 Å². The number of hydrogen-bond donors (Lipinski definition) is 4. The molecule has 92 valence electrons. The molecule has 7 heteroatoms. The van der Waals surface area contributed by atoms with Crippen molar-refractivity contribution < 1.29 is 24.3 Å². The van der Waals surface area contributed by atoms with Crippen LogP contribution in [0, 0.1) is 5.92 Å². The molecule has 1 heterocycles. The Morgan fingerprint density at radius 3 is 2.69 bits per heavy atom. The van der Waals surface area contributed by atoms with Crippen LogP contribution in [0.2, 0.25) is 0 Å². The Hall–Kier alpha value is -0.680. The quantitative estimate of drug-likeness (QED) is 0.409. The SMILES string of the molecule is O=C(O)C1NCCC1CC=CCP(=O)(O)O. The zero-order valence-electron chi connectivity index (χ0n) is 8.74. The lowest BCUT2D eigenvalue weighted by atomic mass is 9.97. The van der Waals surface area contributed by atoms with E-state index in [1.165, 1.54) is 6.08 Å². The molecule has 1 aliphatic rings. The molecule has 0 aromatic heterocycles. The number of carboxylic acid groups (broad SMARTS) is 1. The molecule has 0 aliphatic carbocycles. The Morgan fingerprint density at radius 1 is 1.44 bits per heavy atom. The lowest BCUT2D eigenvalue weighted by Gasteiger charge is -2.12. The number of rotatable bonds is 5. The van der Waals surface area contributed by atoms with Crippen LogP contribution in [0.15, 0.2) is 12.2 Å². The highest BCUT2D eigenvalue weighted by molar-refractivity contribution is 7.51. The van der Waals surface area contributed by atoms with Crippen LogP contribution in [0.4, 0.5) is 0 Å². The standard InChI is InChI=1S/C9H16NO5P/c11-9(12)8-7(4-5-10-8)3-1-2-6-16(13,14)15/h1-2,7-8,10H,3-6H2,(H,11,12)(H2,13,14,15). The van der Waals surface area contributed by atoms with E-state index in [2.05, 4.69) is 5.32 Å². The fraction of sp³-hybridized carbons (Fsp3) is 0.667. The number of carboxylic acids is 1. The maximum absolute atomic E-state index is 10.8. The second-order valence-electron chi connectivity index (χ2n) is 3.87. The van der Waals surface area contributed by atoms with Crippen molar-refractivity contribution in [2.24, 2.45) is 5.92 Å². The summed E-state index contributed by atoms with van der Waals surface area (Å²) < 4.78 is 10.5. The summed E-state index contributed by atoms with van der Waals surface area (Å²) in [5.41, 5.74) is 0. The third-order valence-electron chi connectivity index (χ3n) is 2.57. The summed E-state index contributed by atoms with van der Waals surface area (Å²) in [6, 6.07) is -0.542. The van der Waals surface area contributed by atoms with E-state index in [0.717, 1.165) is 6.42 Å². The Bertz CT molecular complexity index is 324. The van der Waals surface area contributed by atoms with Gasteiger partial charge in [-0.25, -0.2) is 0 Å². The molecule has 16 heavy (non-hydrogen) atoms. The Balaban J connectivity index is 2.37. The molecule has 0 aromatic rings. The third kappa shape index (κ3) is 4.45. The van der Waals surface area contributed by atoms with Crippen molar-refractivity contribution in [3.05, 3.63) is 12.2 Å². The van der Waals surface area contributed by atoms with E-state index in [9.17, 15) is 9.36 Å². The monoisotopic (exact) mass is 249 g/mol. The maximum atomic E-state index is 10.8. The molecule has 2 atom stereocenters. The zero-order valence-corrected chi connectivity index (χ0v) is 9.64. The van der Waals surface area contributed by atoms with Gasteiger partial charge in [0.1, 0.15) is 6.04 Å². The number of allylic oxidation sites excluding steroid dienone is 2. The first-order chi connectivity index (χ1) is 7.40. The number of carbonyl (C=O) groups is 1. The Kier molecular flexibility index (Phi) is 4.68. The first-order valence-electron chi connectivity index (χ1n) is 5.06. The summed E-state index contributed by atoms with van der Waals surface area (Å²) in [4.78, 5) is 28.0. The zero-order chi connectivity index (χ0) is 12.2. The first-order valence-corrected chi connectivity index (χ1v) is 6.85. The van der Waals surface area contributed by atoms with Gasteiger partial charge < -0.3 is 20.2 Å². The van der Waals surface area contributed by atoms with E-state index in [4.69, 9.17) is 14.9 Å². The van der Waals surface area contributed by atoms with Gasteiger partial charge in [0, 0.05) is 0 Å². The van der Waals surface area contributed by atoms with Gasteiger partial charge in [-0.05, 0) is 25.3 Å². The van der Waals surface area contributed by atoms with Crippen molar-refractivity contribution in [3.63, 3.8) is 0 Å². The normalized spacial score (nSPS) is 26.4. The minimum atomic E-state index is -3.98. The second-order valence-corrected chi connectivity index (χ2v) is 5.57. The average Bonchev–Trinajstić information content (AvgIpc) is 2.58. The molecule has 1 fully saturated rings. The summed E-state index contributed by atoms with van der Waals surface area (Å²) in [6.07, 6.45) is 4.08. The predicted molar refractivity (Wildman–Crippen MR) is 58.2 cm³/mol. The fourth-order valence-corrected chi connectivity index (χ4v) is 2.21. The van der Waals surface area contributed by atoms with E-state index in [0.29, 0.717) is 13.0 Å². The van der Waals surface area contributed by atoms with Crippen LogP contribution < -0.4 is 5.32 Å². The summed E-state index contributed by atoms with van der Waals surface area (Å²) >= 11 is 0. The summed E-state index contributed by atoms with van der Waals surface area (Å²) in [5, 5.41) is 11.7. The molecule has 6 nitrogen and oxygen atoms in total. The molecular formula is C9H16NO5P. The van der Waals surface area contributed by atoms with E-state index in [1.54, 1.807) is 6.08 Å². The van der Waals surface area contributed by atoms with Crippen molar-refractivity contribution in [2.45, 2.75) is 18.9 Å². The van der Waals surface area contributed by atoms with Gasteiger partial charge in [-0.2, -0.15) is 0 Å². The first kappa shape index (κ1) is 13.4. The van der Waals surface area contributed by atoms with Crippen LogP contribution in [0.1, 0.15) is 12.8 Å². The Labute approximate surface area is 93.5 Å². The third-order valence-corrected chi connectivity index (χ3v) is 3.25. The molecule has 4 N–H and O–H groups in total. The molecular weight excluding hydrogens is 233 g/mol. The van der Waals surface area contributed by atoms with Gasteiger partial charge in [-0.1, -0.05) is 12.2 Å². The van der Waals surface area contributed by atoms with Gasteiger partial charge in [0.25, 0.3) is 0 Å². The van der Waals surface area contributed by atoms with Gasteiger partial charge in [-0.3, -0.25) is 9.36 Å². The summed E-state index contributed by atoms with van der Waals surface area (Å²) in [7, 11) is -3.98. The summed E-state index contributed by atoms with van der Waals surface area (Å²) in [6.45, 7) is 0.675. The minimum Gasteiger partial charge on any atom is -0.480 e. The molecule has 1 rings (SSSR count). The number of nitrogens with one attached hydrogen (secondary N) is 1. The molecule has 1 saturated heterocycles. The summed E-state index contributed by atoms with van der Waals surface area (Å²) in [5.74, 6) is -0.864. The molecule has 0 spiro atoms. The average molecular weight is 249 g/mol. The molecule has 1 aliphatic heterocycles. The van der Waals surface area contributed by atoms with E-state index in [1.807, 2.05) is 0 Å². The largest absolute Gasteiger partial charge is 0.480 e. The van der Waals surface area contributed by atoms with E-state index < -0.39 is 19.6 Å². The minimum absolute atomic E-state index is 0.00511. The van der Waals surface area contributed by atoms with Crippen LogP contribution in [0.3, 0.4) is 0 Å². The van der Waals surface area contributed by atoms with Crippen LogP contribution in [-0.2, 0) is 9.36 Å². The molecule has 0 radical (unpaired) electrons. The van der Waals surface area contributed by atoms with Crippen molar-refractivity contribution in [2.75, 3.05) is 12.7 Å². The lowest BCUT2D eigenvalue weighted by molar-refractivity contribution is -0.140. The Morgan fingerprint density at radius 2 is 2.12 bits per heavy atom. The predicted octanol–water partition coefficient (Wildman–Crippen LogP) is 0.173. The molecule has 0 saturated carbocycles. The van der Waals surface area contributed by atoms with Crippen molar-refractivity contribution in [1.29, 1.82) is 0 Å². The smallest absolute Gasteiger partial charge is 0.329 e. The lowest BCUT2D eigenvalue weighted by Crippen LogP contribution is -2.35. The van der Waals surface area contributed by atoms with Crippen LogP contribution in [0.25, 0.3) is 0 Å². The highest BCUT2D eigenvalue weighted by Gasteiger charge is 2.31.